The molecule has 0 aliphatic rings. The van der Waals surface area contributed by atoms with Crippen LogP contribution < -0.4 is 0 Å². The molecule has 0 aliphatic carbocycles. The molecule has 5 heteroatoms. The first-order valence-electron chi connectivity index (χ1n) is 4.60. The minimum atomic E-state index is 0.863. The van der Waals surface area contributed by atoms with Gasteiger partial charge in [0.15, 0.2) is 5.82 Å². The lowest BCUT2D eigenvalue weighted by molar-refractivity contribution is 0.755. The van der Waals surface area contributed by atoms with Gasteiger partial charge in [-0.25, -0.2) is 0 Å². The van der Waals surface area contributed by atoms with Crippen molar-refractivity contribution in [2.45, 2.75) is 13.3 Å². The zero-order chi connectivity index (χ0) is 10.1. The molecule has 0 N–H and O–H groups in total. The van der Waals surface area contributed by atoms with Gasteiger partial charge in [-0.15, -0.1) is 10.2 Å². The quantitative estimate of drug-likeness (QED) is 0.704. The molecular formula is C9H13N5. The van der Waals surface area contributed by atoms with Gasteiger partial charge in [-0.1, -0.05) is 6.92 Å². The van der Waals surface area contributed by atoms with E-state index in [9.17, 15) is 0 Å². The minimum absolute atomic E-state index is 0.863. The Bertz CT molecular complexity index is 440. The van der Waals surface area contributed by atoms with Crippen LogP contribution in [0.15, 0.2) is 12.3 Å². The number of hydrogen-bond acceptors (Lipinski definition) is 3. The maximum atomic E-state index is 4.14. The molecule has 0 aliphatic heterocycles. The second-order valence-electron chi connectivity index (χ2n) is 3.19. The monoisotopic (exact) mass is 191 g/mol. The number of nitrogens with zero attached hydrogens (tertiary/aromatic N) is 5. The number of aromatic nitrogens is 5. The lowest BCUT2D eigenvalue weighted by Crippen LogP contribution is -2.01. The summed E-state index contributed by atoms with van der Waals surface area (Å²) in [5.74, 6) is 1.85. The van der Waals surface area contributed by atoms with Gasteiger partial charge in [0.2, 0.25) is 0 Å². The van der Waals surface area contributed by atoms with Gasteiger partial charge in [0.1, 0.15) is 11.5 Å². The van der Waals surface area contributed by atoms with Gasteiger partial charge >= 0.3 is 0 Å². The van der Waals surface area contributed by atoms with E-state index in [2.05, 4.69) is 22.2 Å². The first kappa shape index (κ1) is 8.93. The second-order valence-corrected chi connectivity index (χ2v) is 3.19. The molecule has 0 atom stereocenters. The van der Waals surface area contributed by atoms with Crippen LogP contribution in [0.2, 0.25) is 0 Å². The summed E-state index contributed by atoms with van der Waals surface area (Å²) in [6.07, 6.45) is 2.65. The highest BCUT2D eigenvalue weighted by molar-refractivity contribution is 5.49. The minimum Gasteiger partial charge on any atom is -0.313 e. The third kappa shape index (κ3) is 1.21. The molecule has 2 heterocycles. The van der Waals surface area contributed by atoms with Gasteiger partial charge in [0.05, 0.1) is 0 Å². The van der Waals surface area contributed by atoms with Crippen molar-refractivity contribution < 1.29 is 0 Å². The molecule has 0 radical (unpaired) electrons. The Morgan fingerprint density at radius 3 is 2.57 bits per heavy atom. The number of rotatable bonds is 2. The van der Waals surface area contributed by atoms with Crippen molar-refractivity contribution in [2.75, 3.05) is 0 Å². The molecular weight excluding hydrogens is 178 g/mol. The van der Waals surface area contributed by atoms with E-state index in [1.165, 1.54) is 0 Å². The third-order valence-corrected chi connectivity index (χ3v) is 2.33. The Morgan fingerprint density at radius 1 is 1.29 bits per heavy atom. The van der Waals surface area contributed by atoms with E-state index < -0.39 is 0 Å². The maximum absolute atomic E-state index is 4.14. The second kappa shape index (κ2) is 3.25. The number of hydrogen-bond donors (Lipinski definition) is 0. The summed E-state index contributed by atoms with van der Waals surface area (Å²) in [5.41, 5.74) is 0.986. The SMILES string of the molecule is CCc1nnc(-c2ccnn2C)n1C. The predicted molar refractivity (Wildman–Crippen MR) is 52.6 cm³/mol. The molecule has 0 aromatic carbocycles. The average Bonchev–Trinajstić information content (AvgIpc) is 2.72. The van der Waals surface area contributed by atoms with Crippen LogP contribution in [0.4, 0.5) is 0 Å². The normalized spacial score (nSPS) is 10.8. The van der Waals surface area contributed by atoms with E-state index in [-0.39, 0.29) is 0 Å². The van der Waals surface area contributed by atoms with Gasteiger partial charge in [0.25, 0.3) is 0 Å². The fourth-order valence-electron chi connectivity index (χ4n) is 1.49. The molecule has 14 heavy (non-hydrogen) atoms. The van der Waals surface area contributed by atoms with E-state index in [0.717, 1.165) is 23.8 Å². The van der Waals surface area contributed by atoms with Crippen LogP contribution in [-0.2, 0) is 20.5 Å². The Kier molecular flexibility index (Phi) is 2.07. The Balaban J connectivity index is 2.52. The standard InChI is InChI=1S/C9H13N5/c1-4-8-11-12-9(13(8)2)7-5-6-10-14(7)3/h5-6H,4H2,1-3H3. The lowest BCUT2D eigenvalue weighted by atomic mass is 10.4. The van der Waals surface area contributed by atoms with Crippen LogP contribution >= 0.6 is 0 Å². The first-order valence-corrected chi connectivity index (χ1v) is 4.60. The van der Waals surface area contributed by atoms with Crippen LogP contribution in [0.1, 0.15) is 12.7 Å². The van der Waals surface area contributed by atoms with Crippen molar-refractivity contribution in [3.05, 3.63) is 18.1 Å². The molecule has 2 aromatic rings. The van der Waals surface area contributed by atoms with Gasteiger partial charge in [-0.3, -0.25) is 4.68 Å². The molecule has 74 valence electrons. The van der Waals surface area contributed by atoms with Gasteiger partial charge in [0, 0.05) is 26.7 Å². The fraction of sp³-hybridized carbons (Fsp3) is 0.444. The zero-order valence-corrected chi connectivity index (χ0v) is 8.60. The average molecular weight is 191 g/mol. The van der Waals surface area contributed by atoms with Crippen molar-refractivity contribution in [3.8, 4) is 11.5 Å². The summed E-state index contributed by atoms with van der Waals surface area (Å²) in [4.78, 5) is 0. The highest BCUT2D eigenvalue weighted by Gasteiger charge is 2.11. The van der Waals surface area contributed by atoms with Crippen molar-refractivity contribution >= 4 is 0 Å². The van der Waals surface area contributed by atoms with Gasteiger partial charge in [-0.2, -0.15) is 5.10 Å². The first-order chi connectivity index (χ1) is 6.74. The van der Waals surface area contributed by atoms with Crippen LogP contribution in [0.25, 0.3) is 11.5 Å². The van der Waals surface area contributed by atoms with Crippen LogP contribution in [0.3, 0.4) is 0 Å². The van der Waals surface area contributed by atoms with Gasteiger partial charge in [-0.05, 0) is 6.07 Å². The Hall–Kier alpha value is -1.65. The van der Waals surface area contributed by atoms with Crippen molar-refractivity contribution in [3.63, 3.8) is 0 Å². The summed E-state index contributed by atoms with van der Waals surface area (Å²) in [5, 5.41) is 12.3. The molecule has 2 rings (SSSR count). The van der Waals surface area contributed by atoms with E-state index in [4.69, 9.17) is 0 Å². The Morgan fingerprint density at radius 2 is 2.07 bits per heavy atom. The molecule has 2 aromatic heterocycles. The summed E-state index contributed by atoms with van der Waals surface area (Å²) >= 11 is 0. The van der Waals surface area contributed by atoms with Crippen LogP contribution in [0.5, 0.6) is 0 Å². The topological polar surface area (TPSA) is 48.5 Å². The molecule has 0 unspecified atom stereocenters. The van der Waals surface area contributed by atoms with Crippen molar-refractivity contribution in [1.82, 2.24) is 24.5 Å². The molecule has 0 spiro atoms. The molecule has 0 bridgehead atoms. The largest absolute Gasteiger partial charge is 0.313 e. The van der Waals surface area contributed by atoms with E-state index >= 15 is 0 Å². The maximum Gasteiger partial charge on any atom is 0.182 e. The van der Waals surface area contributed by atoms with Crippen LogP contribution in [-0.4, -0.2) is 24.5 Å². The smallest absolute Gasteiger partial charge is 0.182 e. The fourth-order valence-corrected chi connectivity index (χ4v) is 1.49. The molecule has 5 nitrogen and oxygen atoms in total. The summed E-state index contributed by atoms with van der Waals surface area (Å²) in [6.45, 7) is 2.07. The van der Waals surface area contributed by atoms with E-state index in [1.807, 2.05) is 24.7 Å². The van der Waals surface area contributed by atoms with E-state index in [1.54, 1.807) is 10.9 Å². The van der Waals surface area contributed by atoms with Crippen molar-refractivity contribution in [1.29, 1.82) is 0 Å². The predicted octanol–water partition coefficient (Wildman–Crippen LogP) is 0.778. The molecule has 0 saturated carbocycles. The molecule has 0 amide bonds. The highest BCUT2D eigenvalue weighted by atomic mass is 15.3. The number of aryl methyl sites for hydroxylation is 2. The third-order valence-electron chi connectivity index (χ3n) is 2.33. The highest BCUT2D eigenvalue weighted by Crippen LogP contribution is 2.15. The van der Waals surface area contributed by atoms with Crippen molar-refractivity contribution in [2.24, 2.45) is 14.1 Å². The Labute approximate surface area is 82.4 Å². The molecule has 0 saturated heterocycles. The van der Waals surface area contributed by atoms with Gasteiger partial charge < -0.3 is 4.57 Å². The summed E-state index contributed by atoms with van der Waals surface area (Å²) < 4.78 is 3.79. The van der Waals surface area contributed by atoms with E-state index in [0.29, 0.717) is 0 Å². The lowest BCUT2D eigenvalue weighted by Gasteiger charge is -2.02. The summed E-state index contributed by atoms with van der Waals surface area (Å²) in [6, 6.07) is 1.93. The zero-order valence-electron chi connectivity index (χ0n) is 8.60. The molecule has 0 fully saturated rings. The van der Waals surface area contributed by atoms with Crippen LogP contribution in [0, 0.1) is 0 Å². The summed E-state index contributed by atoms with van der Waals surface area (Å²) in [7, 11) is 3.87.